The van der Waals surface area contributed by atoms with Gasteiger partial charge in [0.2, 0.25) is 0 Å². The Kier molecular flexibility index (Phi) is 3.98. The molecule has 6 rings (SSSR count). The van der Waals surface area contributed by atoms with Crippen LogP contribution in [-0.2, 0) is 4.79 Å². The van der Waals surface area contributed by atoms with Crippen LogP contribution in [0.3, 0.4) is 0 Å². The fourth-order valence-corrected chi connectivity index (χ4v) is 7.31. The third kappa shape index (κ3) is 2.83. The predicted octanol–water partition coefficient (Wildman–Crippen LogP) is 4.06. The molecule has 4 unspecified atom stereocenters. The second-order valence-corrected chi connectivity index (χ2v) is 9.70. The van der Waals surface area contributed by atoms with Crippen LogP contribution in [0.4, 0.5) is 0 Å². The van der Waals surface area contributed by atoms with Crippen LogP contribution in [0.1, 0.15) is 71.1 Å². The molecule has 0 radical (unpaired) electrons. The molecule has 0 saturated heterocycles. The van der Waals surface area contributed by atoms with Crippen molar-refractivity contribution in [3.63, 3.8) is 0 Å². The van der Waals surface area contributed by atoms with E-state index in [1.54, 1.807) is 0 Å². The lowest BCUT2D eigenvalue weighted by atomic mass is 9.49. The molecule has 3 heteroatoms. The summed E-state index contributed by atoms with van der Waals surface area (Å²) in [6.07, 6.45) is 12.8. The molecular weight excluding hydrogens is 286 g/mol. The van der Waals surface area contributed by atoms with Crippen LogP contribution in [-0.4, -0.2) is 17.1 Å². The molecule has 6 bridgehead atoms. The molecule has 0 aromatic heterocycles. The quantitative estimate of drug-likeness (QED) is 0.807. The smallest absolute Gasteiger partial charge is 0.309 e. The van der Waals surface area contributed by atoms with E-state index in [1.165, 1.54) is 44.9 Å². The Morgan fingerprint density at radius 1 is 0.957 bits per heavy atom. The van der Waals surface area contributed by atoms with Gasteiger partial charge in [-0.3, -0.25) is 4.79 Å². The lowest BCUT2D eigenvalue weighted by molar-refractivity contribution is -0.164. The molecule has 3 N–H and O–H groups in total. The number of carboxylic acid groups (broad SMARTS) is 1. The summed E-state index contributed by atoms with van der Waals surface area (Å²) in [5, 5.41) is 9.28. The average Bonchev–Trinajstić information content (AvgIpc) is 3.09. The van der Waals surface area contributed by atoms with Gasteiger partial charge in [0.15, 0.2) is 0 Å². The van der Waals surface area contributed by atoms with Crippen molar-refractivity contribution in [2.75, 3.05) is 0 Å². The van der Waals surface area contributed by atoms with E-state index in [0.717, 1.165) is 54.8 Å². The maximum absolute atomic E-state index is 11.3. The van der Waals surface area contributed by atoms with Crippen LogP contribution in [0.15, 0.2) is 0 Å². The molecule has 0 heterocycles. The number of carbonyl (C=O) groups is 1. The van der Waals surface area contributed by atoms with Crippen LogP contribution in [0.5, 0.6) is 0 Å². The molecule has 6 aliphatic rings. The van der Waals surface area contributed by atoms with E-state index in [1.807, 2.05) is 0 Å². The fourth-order valence-electron chi connectivity index (χ4n) is 7.31. The molecule has 0 aromatic rings. The summed E-state index contributed by atoms with van der Waals surface area (Å²) in [6, 6.07) is 0.454. The van der Waals surface area contributed by atoms with Gasteiger partial charge < -0.3 is 10.8 Å². The zero-order chi connectivity index (χ0) is 16.2. The Morgan fingerprint density at radius 2 is 1.52 bits per heavy atom. The summed E-state index contributed by atoms with van der Waals surface area (Å²) in [5.74, 6) is 4.68. The van der Waals surface area contributed by atoms with E-state index in [0.29, 0.717) is 6.04 Å². The average molecular weight is 319 g/mol. The van der Waals surface area contributed by atoms with E-state index in [4.69, 9.17) is 5.73 Å². The first kappa shape index (κ1) is 15.9. The molecule has 23 heavy (non-hydrogen) atoms. The maximum Gasteiger partial charge on any atom is 0.309 e. The van der Waals surface area contributed by atoms with E-state index >= 15 is 0 Å². The molecule has 6 fully saturated rings. The van der Waals surface area contributed by atoms with Gasteiger partial charge in [-0.1, -0.05) is 6.42 Å². The minimum Gasteiger partial charge on any atom is -0.481 e. The number of carboxylic acids is 1. The van der Waals surface area contributed by atoms with Crippen molar-refractivity contribution in [2.45, 2.75) is 77.2 Å². The van der Waals surface area contributed by atoms with Crippen molar-refractivity contribution in [1.82, 2.24) is 0 Å². The second-order valence-electron chi connectivity index (χ2n) is 9.70. The van der Waals surface area contributed by atoms with Gasteiger partial charge in [0.1, 0.15) is 0 Å². The molecule has 0 amide bonds. The lowest BCUT2D eigenvalue weighted by Gasteiger charge is -2.54. The summed E-state index contributed by atoms with van der Waals surface area (Å²) in [7, 11) is 0. The van der Waals surface area contributed by atoms with Crippen molar-refractivity contribution in [3.05, 3.63) is 0 Å². The summed E-state index contributed by atoms with van der Waals surface area (Å²) in [5.41, 5.74) is 5.60. The van der Waals surface area contributed by atoms with E-state index in [-0.39, 0.29) is 5.41 Å². The number of hydrogen-bond donors (Lipinski definition) is 2. The van der Waals surface area contributed by atoms with Crippen LogP contribution in [0.25, 0.3) is 0 Å². The molecule has 0 aromatic carbocycles. The summed E-state index contributed by atoms with van der Waals surface area (Å²) in [6.45, 7) is 2.17. The van der Waals surface area contributed by atoms with Gasteiger partial charge in [-0.25, -0.2) is 0 Å². The van der Waals surface area contributed by atoms with E-state index in [9.17, 15) is 9.90 Å². The number of hydrogen-bond acceptors (Lipinski definition) is 2. The van der Waals surface area contributed by atoms with Gasteiger partial charge in [0.25, 0.3) is 0 Å². The van der Waals surface area contributed by atoms with Gasteiger partial charge in [-0.05, 0) is 100 Å². The van der Waals surface area contributed by atoms with Gasteiger partial charge in [-0.15, -0.1) is 0 Å². The van der Waals surface area contributed by atoms with Crippen molar-refractivity contribution in [2.24, 2.45) is 46.7 Å². The SMILES string of the molecule is CC(N)C1CC2CCC1C2.O=C(O)C12CC3CC(CC(C3)C1)C2. The van der Waals surface area contributed by atoms with Gasteiger partial charge in [-0.2, -0.15) is 0 Å². The Bertz CT molecular complexity index is 437. The standard InChI is InChI=1S/C11H16O2.C9H17N/c12-10(13)11-4-7-1-8(5-11)3-9(2-7)6-11;1-6(10)9-5-7-2-3-8(9)4-7/h7-9H,1-6H2,(H,12,13);6-9H,2-5,10H2,1H3. The first-order valence-electron chi connectivity index (χ1n) is 9.94. The van der Waals surface area contributed by atoms with Gasteiger partial charge >= 0.3 is 5.97 Å². The molecule has 3 nitrogen and oxygen atoms in total. The van der Waals surface area contributed by atoms with Crippen molar-refractivity contribution >= 4 is 5.97 Å². The van der Waals surface area contributed by atoms with E-state index in [2.05, 4.69) is 6.92 Å². The van der Waals surface area contributed by atoms with Crippen LogP contribution >= 0.6 is 0 Å². The van der Waals surface area contributed by atoms with Crippen LogP contribution in [0, 0.1) is 40.9 Å². The Morgan fingerprint density at radius 3 is 1.83 bits per heavy atom. The third-order valence-electron chi connectivity index (χ3n) is 7.96. The number of rotatable bonds is 2. The Labute approximate surface area is 140 Å². The highest BCUT2D eigenvalue weighted by atomic mass is 16.4. The fraction of sp³-hybridized carbons (Fsp3) is 0.950. The van der Waals surface area contributed by atoms with Crippen LogP contribution in [0.2, 0.25) is 0 Å². The number of nitrogens with two attached hydrogens (primary N) is 1. The maximum atomic E-state index is 11.3. The topological polar surface area (TPSA) is 63.3 Å². The molecule has 6 aliphatic carbocycles. The number of aliphatic carboxylic acids is 1. The summed E-state index contributed by atoms with van der Waals surface area (Å²) >= 11 is 0. The van der Waals surface area contributed by atoms with Crippen LogP contribution < -0.4 is 5.73 Å². The molecule has 130 valence electrons. The molecule has 4 atom stereocenters. The largest absolute Gasteiger partial charge is 0.481 e. The van der Waals surface area contributed by atoms with Crippen molar-refractivity contribution < 1.29 is 9.90 Å². The highest BCUT2D eigenvalue weighted by Gasteiger charge is 2.54. The zero-order valence-electron chi connectivity index (χ0n) is 14.5. The predicted molar refractivity (Wildman–Crippen MR) is 90.8 cm³/mol. The lowest BCUT2D eigenvalue weighted by Crippen LogP contribution is -2.49. The molecular formula is C20H33NO2. The molecule has 0 aliphatic heterocycles. The molecule has 6 saturated carbocycles. The van der Waals surface area contributed by atoms with E-state index < -0.39 is 5.97 Å². The highest BCUT2D eigenvalue weighted by Crippen LogP contribution is 2.60. The minimum atomic E-state index is -0.508. The molecule has 0 spiro atoms. The zero-order valence-corrected chi connectivity index (χ0v) is 14.5. The normalized spacial score (nSPS) is 50.5. The first-order valence-corrected chi connectivity index (χ1v) is 9.94. The Hall–Kier alpha value is -0.570. The minimum absolute atomic E-state index is 0.283. The summed E-state index contributed by atoms with van der Waals surface area (Å²) < 4.78 is 0. The second kappa shape index (κ2) is 5.75. The van der Waals surface area contributed by atoms with Crippen molar-refractivity contribution in [3.8, 4) is 0 Å². The highest BCUT2D eigenvalue weighted by molar-refractivity contribution is 5.75. The summed E-state index contributed by atoms with van der Waals surface area (Å²) in [4.78, 5) is 11.3. The third-order valence-corrected chi connectivity index (χ3v) is 7.96. The Balaban J connectivity index is 0.000000122. The van der Waals surface area contributed by atoms with Gasteiger partial charge in [0, 0.05) is 6.04 Å². The first-order chi connectivity index (χ1) is 10.9. The monoisotopic (exact) mass is 319 g/mol. The van der Waals surface area contributed by atoms with Crippen molar-refractivity contribution in [1.29, 1.82) is 0 Å². The van der Waals surface area contributed by atoms with Gasteiger partial charge in [0.05, 0.1) is 5.41 Å². The number of fused-ring (bicyclic) bond motifs is 2.